The molecule has 0 radical (unpaired) electrons. The van der Waals surface area contributed by atoms with Crippen molar-refractivity contribution in [2.75, 3.05) is 10.8 Å². The highest BCUT2D eigenvalue weighted by Gasteiger charge is 2.36. The number of nitrogens with one attached hydrogen (secondary N) is 1. The molecule has 1 fully saturated rings. The minimum absolute atomic E-state index is 0.00296. The Morgan fingerprint density at radius 2 is 1.56 bits per heavy atom. The van der Waals surface area contributed by atoms with Crippen molar-refractivity contribution < 1.29 is 22.4 Å². The van der Waals surface area contributed by atoms with Crippen LogP contribution in [0.2, 0.25) is 5.02 Å². The summed E-state index contributed by atoms with van der Waals surface area (Å²) in [5.41, 5.74) is 2.70. The molecule has 1 N–H and O–H groups in total. The molecular formula is C38H41ClFN3O4S. The van der Waals surface area contributed by atoms with Crippen molar-refractivity contribution in [2.45, 2.75) is 75.9 Å². The van der Waals surface area contributed by atoms with E-state index in [4.69, 9.17) is 11.6 Å². The maximum absolute atomic E-state index is 15.2. The lowest BCUT2D eigenvalue weighted by molar-refractivity contribution is -0.140. The maximum Gasteiger partial charge on any atom is 0.264 e. The maximum atomic E-state index is 15.2. The van der Waals surface area contributed by atoms with Crippen molar-refractivity contribution in [3.05, 3.63) is 130 Å². The van der Waals surface area contributed by atoms with E-state index in [0.29, 0.717) is 10.6 Å². The van der Waals surface area contributed by atoms with Crippen LogP contribution < -0.4 is 9.62 Å². The second-order valence-corrected chi connectivity index (χ2v) is 14.7. The largest absolute Gasteiger partial charge is 0.352 e. The van der Waals surface area contributed by atoms with Crippen LogP contribution in [0, 0.1) is 19.7 Å². The molecule has 252 valence electrons. The molecule has 0 bridgehead atoms. The predicted molar refractivity (Wildman–Crippen MR) is 188 cm³/mol. The molecule has 7 nitrogen and oxygen atoms in total. The Labute approximate surface area is 287 Å². The zero-order valence-corrected chi connectivity index (χ0v) is 28.8. The fourth-order valence-electron chi connectivity index (χ4n) is 6.11. The minimum atomic E-state index is -4.29. The first-order valence-corrected chi connectivity index (χ1v) is 18.1. The number of hydrogen-bond donors (Lipinski definition) is 1. The molecule has 48 heavy (non-hydrogen) atoms. The zero-order chi connectivity index (χ0) is 34.3. The molecular weight excluding hydrogens is 649 g/mol. The van der Waals surface area contributed by atoms with E-state index in [1.54, 1.807) is 49.4 Å². The summed E-state index contributed by atoms with van der Waals surface area (Å²) in [6, 6.07) is 25.5. The monoisotopic (exact) mass is 689 g/mol. The van der Waals surface area contributed by atoms with E-state index in [1.165, 1.54) is 29.2 Å². The van der Waals surface area contributed by atoms with Crippen LogP contribution in [0.3, 0.4) is 0 Å². The van der Waals surface area contributed by atoms with Crippen LogP contribution in [0.25, 0.3) is 0 Å². The lowest BCUT2D eigenvalue weighted by Crippen LogP contribution is -2.55. The van der Waals surface area contributed by atoms with Gasteiger partial charge in [0.15, 0.2) is 0 Å². The zero-order valence-electron chi connectivity index (χ0n) is 27.2. The molecule has 4 aromatic carbocycles. The number of aryl methyl sites for hydroxylation is 2. The topological polar surface area (TPSA) is 86.8 Å². The molecule has 5 rings (SSSR count). The van der Waals surface area contributed by atoms with Gasteiger partial charge in [0.25, 0.3) is 10.0 Å². The van der Waals surface area contributed by atoms with Crippen LogP contribution in [0.15, 0.2) is 102 Å². The Bertz CT molecular complexity index is 1830. The first-order chi connectivity index (χ1) is 23.0. The van der Waals surface area contributed by atoms with Gasteiger partial charge in [-0.25, -0.2) is 12.8 Å². The number of carbonyl (C=O) groups excluding carboxylic acids is 2. The van der Waals surface area contributed by atoms with Gasteiger partial charge in [-0.1, -0.05) is 103 Å². The summed E-state index contributed by atoms with van der Waals surface area (Å²) in [5.74, 6) is -1.55. The average Bonchev–Trinajstić information content (AvgIpc) is 3.08. The van der Waals surface area contributed by atoms with E-state index in [0.717, 1.165) is 47.5 Å². The van der Waals surface area contributed by atoms with Crippen LogP contribution in [0.4, 0.5) is 10.1 Å². The molecule has 2 amide bonds. The highest BCUT2D eigenvalue weighted by molar-refractivity contribution is 7.92. The van der Waals surface area contributed by atoms with Gasteiger partial charge in [-0.2, -0.15) is 0 Å². The second kappa shape index (κ2) is 15.8. The summed E-state index contributed by atoms with van der Waals surface area (Å²) < 4.78 is 44.8. The number of nitrogens with zero attached hydrogens (tertiary/aromatic N) is 2. The number of sulfonamides is 1. The third kappa shape index (κ3) is 8.62. The summed E-state index contributed by atoms with van der Waals surface area (Å²) >= 11 is 6.37. The SMILES string of the molecule is Cc1ccc(S(=O)(=O)N(CC(=O)N(Cc2ccccc2F)C(Cc2ccccc2)C(=O)NC2CCCCC2)c2cc(Cl)ccc2C)cc1. The van der Waals surface area contributed by atoms with Crippen molar-refractivity contribution in [3.8, 4) is 0 Å². The Morgan fingerprint density at radius 3 is 2.25 bits per heavy atom. The number of anilines is 1. The van der Waals surface area contributed by atoms with Crippen molar-refractivity contribution in [3.63, 3.8) is 0 Å². The fourth-order valence-corrected chi connectivity index (χ4v) is 7.75. The third-order valence-electron chi connectivity index (χ3n) is 8.85. The van der Waals surface area contributed by atoms with Gasteiger partial charge in [0.05, 0.1) is 10.6 Å². The Balaban J connectivity index is 1.59. The summed E-state index contributed by atoms with van der Waals surface area (Å²) in [6.45, 7) is 2.70. The van der Waals surface area contributed by atoms with Crippen molar-refractivity contribution in [1.82, 2.24) is 10.2 Å². The van der Waals surface area contributed by atoms with Crippen molar-refractivity contribution in [1.29, 1.82) is 0 Å². The first kappa shape index (κ1) is 35.1. The van der Waals surface area contributed by atoms with Crippen LogP contribution in [0.1, 0.15) is 54.4 Å². The number of amides is 2. The molecule has 0 spiro atoms. The molecule has 0 aliphatic heterocycles. The average molecular weight is 690 g/mol. The van der Waals surface area contributed by atoms with Crippen LogP contribution >= 0.6 is 11.6 Å². The van der Waals surface area contributed by atoms with Gasteiger partial charge in [-0.3, -0.25) is 13.9 Å². The summed E-state index contributed by atoms with van der Waals surface area (Å²) in [4.78, 5) is 30.2. The Morgan fingerprint density at radius 1 is 0.896 bits per heavy atom. The van der Waals surface area contributed by atoms with Crippen molar-refractivity contribution in [2.24, 2.45) is 0 Å². The number of rotatable bonds is 12. The molecule has 1 atom stereocenters. The second-order valence-electron chi connectivity index (χ2n) is 12.4. The van der Waals surface area contributed by atoms with Crippen LogP contribution in [-0.4, -0.2) is 43.8 Å². The van der Waals surface area contributed by atoms with Crippen molar-refractivity contribution >= 4 is 39.1 Å². The number of halogens is 2. The number of hydrogen-bond acceptors (Lipinski definition) is 4. The summed E-state index contributed by atoms with van der Waals surface area (Å²) in [6.07, 6.45) is 4.92. The smallest absolute Gasteiger partial charge is 0.264 e. The minimum Gasteiger partial charge on any atom is -0.352 e. The molecule has 1 aliphatic carbocycles. The van der Waals surface area contributed by atoms with Gasteiger partial charge in [-0.05, 0) is 68.1 Å². The summed E-state index contributed by atoms with van der Waals surface area (Å²) in [5, 5.41) is 3.46. The lowest BCUT2D eigenvalue weighted by atomic mass is 9.94. The lowest BCUT2D eigenvalue weighted by Gasteiger charge is -2.35. The van der Waals surface area contributed by atoms with Crippen LogP contribution in [-0.2, 0) is 32.6 Å². The van der Waals surface area contributed by atoms with Crippen LogP contribution in [0.5, 0.6) is 0 Å². The molecule has 4 aromatic rings. The molecule has 0 heterocycles. The molecule has 1 unspecified atom stereocenters. The van der Waals surface area contributed by atoms with E-state index in [-0.39, 0.29) is 41.1 Å². The van der Waals surface area contributed by atoms with Gasteiger partial charge >= 0.3 is 0 Å². The molecule has 10 heteroatoms. The Kier molecular flexibility index (Phi) is 11.5. The van der Waals surface area contributed by atoms with E-state index in [1.807, 2.05) is 37.3 Å². The van der Waals surface area contributed by atoms with Gasteiger partial charge in [0, 0.05) is 29.6 Å². The van der Waals surface area contributed by atoms with E-state index < -0.39 is 34.3 Å². The van der Waals surface area contributed by atoms with E-state index in [9.17, 15) is 18.0 Å². The normalized spacial score (nSPS) is 14.2. The van der Waals surface area contributed by atoms with Gasteiger partial charge < -0.3 is 10.2 Å². The highest BCUT2D eigenvalue weighted by atomic mass is 35.5. The number of carbonyl (C=O) groups is 2. The quantitative estimate of drug-likeness (QED) is 0.168. The molecule has 1 saturated carbocycles. The third-order valence-corrected chi connectivity index (χ3v) is 10.9. The fraction of sp³-hybridized carbons (Fsp3) is 0.316. The summed E-state index contributed by atoms with van der Waals surface area (Å²) in [7, 11) is -4.29. The standard InChI is InChI=1S/C38H41ClFN3O4S/c1-27-17-21-33(22-18-27)48(46,47)43(35-24-31(39)20-19-28(35)2)26-37(44)42(25-30-13-9-10-16-34(30)40)36(23-29-11-5-3-6-12-29)38(45)41-32-14-7-4-8-15-32/h3,5-6,9-13,16-22,24,32,36H,4,7-8,14-15,23,25-26H2,1-2H3,(H,41,45). The van der Waals surface area contributed by atoms with Gasteiger partial charge in [0.1, 0.15) is 18.4 Å². The van der Waals surface area contributed by atoms with E-state index in [2.05, 4.69) is 5.32 Å². The molecule has 1 aliphatic rings. The van der Waals surface area contributed by atoms with Gasteiger partial charge in [0.2, 0.25) is 11.8 Å². The first-order valence-electron chi connectivity index (χ1n) is 16.3. The van der Waals surface area contributed by atoms with E-state index >= 15 is 4.39 Å². The molecule has 0 aromatic heterocycles. The highest BCUT2D eigenvalue weighted by Crippen LogP contribution is 2.30. The predicted octanol–water partition coefficient (Wildman–Crippen LogP) is 7.38. The molecule has 0 saturated heterocycles. The Hall–Kier alpha value is -4.21. The van der Waals surface area contributed by atoms with Gasteiger partial charge in [-0.15, -0.1) is 0 Å². The number of benzene rings is 4.